The van der Waals surface area contributed by atoms with E-state index in [1.807, 2.05) is 0 Å². The van der Waals surface area contributed by atoms with Crippen LogP contribution in [0.4, 0.5) is 5.69 Å². The van der Waals surface area contributed by atoms with Crippen LogP contribution in [-0.4, -0.2) is 30.0 Å². The standard InChI is InChI=1S/C12H15N3O3/c16-12(14-10-5-6-13-8-10)7-9-3-1-2-4-11(9)15(17)18/h1-4,10,13H,5-8H2,(H,14,16)/t10-/m1/s1. The van der Waals surface area contributed by atoms with Crippen LogP contribution in [0.25, 0.3) is 0 Å². The summed E-state index contributed by atoms with van der Waals surface area (Å²) in [5.74, 6) is -0.169. The molecule has 1 aliphatic heterocycles. The number of carbonyl (C=O) groups is 1. The lowest BCUT2D eigenvalue weighted by Crippen LogP contribution is -2.37. The molecule has 0 saturated carbocycles. The van der Waals surface area contributed by atoms with Gasteiger partial charge in [-0.3, -0.25) is 14.9 Å². The average Bonchev–Trinajstić information content (AvgIpc) is 2.82. The van der Waals surface area contributed by atoms with Crippen molar-refractivity contribution in [3.8, 4) is 0 Å². The Bertz CT molecular complexity index is 456. The Morgan fingerprint density at radius 1 is 1.50 bits per heavy atom. The molecule has 1 heterocycles. The summed E-state index contributed by atoms with van der Waals surface area (Å²) in [6.07, 6.45) is 0.955. The number of nitrogens with one attached hydrogen (secondary N) is 2. The first-order valence-corrected chi connectivity index (χ1v) is 5.89. The minimum absolute atomic E-state index is 0.00260. The molecular formula is C12H15N3O3. The lowest BCUT2D eigenvalue weighted by atomic mass is 10.1. The van der Waals surface area contributed by atoms with Gasteiger partial charge in [0.25, 0.3) is 5.69 Å². The van der Waals surface area contributed by atoms with Gasteiger partial charge in [0.15, 0.2) is 0 Å². The Balaban J connectivity index is 2.00. The van der Waals surface area contributed by atoms with Crippen LogP contribution >= 0.6 is 0 Å². The first-order chi connectivity index (χ1) is 8.66. The summed E-state index contributed by atoms with van der Waals surface area (Å²) in [6, 6.07) is 6.47. The number of carbonyl (C=O) groups excluding carboxylic acids is 1. The van der Waals surface area contributed by atoms with Crippen molar-refractivity contribution in [3.05, 3.63) is 39.9 Å². The molecule has 96 valence electrons. The molecule has 1 amide bonds. The van der Waals surface area contributed by atoms with Crippen LogP contribution < -0.4 is 10.6 Å². The zero-order valence-electron chi connectivity index (χ0n) is 9.89. The molecule has 6 nitrogen and oxygen atoms in total. The molecule has 1 aromatic carbocycles. The monoisotopic (exact) mass is 249 g/mol. The van der Waals surface area contributed by atoms with Gasteiger partial charge >= 0.3 is 0 Å². The number of nitro benzene ring substituents is 1. The molecule has 1 aliphatic rings. The van der Waals surface area contributed by atoms with Gasteiger partial charge in [0, 0.05) is 24.2 Å². The Kier molecular flexibility index (Phi) is 3.88. The zero-order valence-corrected chi connectivity index (χ0v) is 9.89. The van der Waals surface area contributed by atoms with E-state index in [1.165, 1.54) is 6.07 Å². The van der Waals surface area contributed by atoms with Gasteiger partial charge in [-0.2, -0.15) is 0 Å². The Morgan fingerprint density at radius 2 is 2.28 bits per heavy atom. The predicted octanol–water partition coefficient (Wildman–Crippen LogP) is 0.615. The topological polar surface area (TPSA) is 84.3 Å². The fourth-order valence-corrected chi connectivity index (χ4v) is 2.07. The Labute approximate surface area is 105 Å². The zero-order chi connectivity index (χ0) is 13.0. The molecule has 0 bridgehead atoms. The average molecular weight is 249 g/mol. The van der Waals surface area contributed by atoms with E-state index in [9.17, 15) is 14.9 Å². The highest BCUT2D eigenvalue weighted by atomic mass is 16.6. The molecule has 0 aromatic heterocycles. The van der Waals surface area contributed by atoms with E-state index in [0.29, 0.717) is 5.56 Å². The van der Waals surface area contributed by atoms with E-state index in [-0.39, 0.29) is 24.1 Å². The quantitative estimate of drug-likeness (QED) is 0.605. The van der Waals surface area contributed by atoms with E-state index in [4.69, 9.17) is 0 Å². The van der Waals surface area contributed by atoms with Gasteiger partial charge in [0.2, 0.25) is 5.91 Å². The number of nitro groups is 1. The highest BCUT2D eigenvalue weighted by Crippen LogP contribution is 2.18. The number of benzene rings is 1. The third kappa shape index (κ3) is 3.04. The van der Waals surface area contributed by atoms with E-state index < -0.39 is 4.92 Å². The summed E-state index contributed by atoms with van der Waals surface area (Å²) in [5.41, 5.74) is 0.447. The number of hydrogen-bond acceptors (Lipinski definition) is 4. The molecule has 6 heteroatoms. The van der Waals surface area contributed by atoms with Crippen molar-refractivity contribution in [1.29, 1.82) is 0 Å². The highest BCUT2D eigenvalue weighted by Gasteiger charge is 2.19. The van der Waals surface area contributed by atoms with Gasteiger partial charge in [0.1, 0.15) is 0 Å². The number of rotatable bonds is 4. The van der Waals surface area contributed by atoms with Crippen molar-refractivity contribution in [2.75, 3.05) is 13.1 Å². The summed E-state index contributed by atoms with van der Waals surface area (Å²) in [5, 5.41) is 16.8. The maximum absolute atomic E-state index is 11.8. The number of amides is 1. The lowest BCUT2D eigenvalue weighted by molar-refractivity contribution is -0.385. The molecule has 18 heavy (non-hydrogen) atoms. The van der Waals surface area contributed by atoms with E-state index >= 15 is 0 Å². The number of hydrogen-bond donors (Lipinski definition) is 2. The van der Waals surface area contributed by atoms with Crippen LogP contribution in [0.3, 0.4) is 0 Å². The fourth-order valence-electron chi connectivity index (χ4n) is 2.07. The molecule has 2 rings (SSSR count). The third-order valence-corrected chi connectivity index (χ3v) is 2.96. The number of nitrogens with zero attached hydrogens (tertiary/aromatic N) is 1. The lowest BCUT2D eigenvalue weighted by Gasteiger charge is -2.11. The van der Waals surface area contributed by atoms with Crippen molar-refractivity contribution in [2.45, 2.75) is 18.9 Å². The second-order valence-corrected chi connectivity index (χ2v) is 4.32. The van der Waals surface area contributed by atoms with Gasteiger partial charge in [0.05, 0.1) is 11.3 Å². The van der Waals surface area contributed by atoms with E-state index in [2.05, 4.69) is 10.6 Å². The second-order valence-electron chi connectivity index (χ2n) is 4.32. The number of para-hydroxylation sites is 1. The van der Waals surface area contributed by atoms with Crippen LogP contribution in [0.15, 0.2) is 24.3 Å². The van der Waals surface area contributed by atoms with Gasteiger partial charge in [-0.05, 0) is 13.0 Å². The van der Waals surface area contributed by atoms with Gasteiger partial charge in [-0.25, -0.2) is 0 Å². The van der Waals surface area contributed by atoms with Crippen LogP contribution in [0.1, 0.15) is 12.0 Å². The predicted molar refractivity (Wildman–Crippen MR) is 66.2 cm³/mol. The minimum Gasteiger partial charge on any atom is -0.352 e. The molecule has 1 saturated heterocycles. The smallest absolute Gasteiger partial charge is 0.273 e. The molecule has 0 radical (unpaired) electrons. The SMILES string of the molecule is O=C(Cc1ccccc1[N+](=O)[O-])N[C@@H]1CCNC1. The maximum Gasteiger partial charge on any atom is 0.273 e. The third-order valence-electron chi connectivity index (χ3n) is 2.96. The molecule has 0 aliphatic carbocycles. The van der Waals surface area contributed by atoms with Crippen molar-refractivity contribution in [3.63, 3.8) is 0 Å². The van der Waals surface area contributed by atoms with Gasteiger partial charge < -0.3 is 10.6 Å². The maximum atomic E-state index is 11.8. The molecule has 1 aromatic rings. The Morgan fingerprint density at radius 3 is 2.94 bits per heavy atom. The van der Waals surface area contributed by atoms with E-state index in [0.717, 1.165) is 19.5 Å². The summed E-state index contributed by atoms with van der Waals surface area (Å²) < 4.78 is 0. The molecule has 1 fully saturated rings. The first kappa shape index (κ1) is 12.5. The first-order valence-electron chi connectivity index (χ1n) is 5.89. The molecular weight excluding hydrogens is 234 g/mol. The van der Waals surface area contributed by atoms with Crippen LogP contribution in [0.5, 0.6) is 0 Å². The normalized spacial score (nSPS) is 18.6. The summed E-state index contributed by atoms with van der Waals surface area (Å²) in [4.78, 5) is 22.1. The van der Waals surface area contributed by atoms with Crippen molar-refractivity contribution < 1.29 is 9.72 Å². The van der Waals surface area contributed by atoms with Gasteiger partial charge in [-0.15, -0.1) is 0 Å². The molecule has 0 unspecified atom stereocenters. The fraction of sp³-hybridized carbons (Fsp3) is 0.417. The van der Waals surface area contributed by atoms with Crippen LogP contribution in [0.2, 0.25) is 0 Å². The van der Waals surface area contributed by atoms with Gasteiger partial charge in [-0.1, -0.05) is 18.2 Å². The summed E-state index contributed by atoms with van der Waals surface area (Å²) in [6.45, 7) is 1.67. The molecule has 2 N–H and O–H groups in total. The van der Waals surface area contributed by atoms with Crippen molar-refractivity contribution in [2.24, 2.45) is 0 Å². The molecule has 1 atom stereocenters. The summed E-state index contributed by atoms with van der Waals surface area (Å²) in [7, 11) is 0. The van der Waals surface area contributed by atoms with Crippen molar-refractivity contribution >= 4 is 11.6 Å². The highest BCUT2D eigenvalue weighted by molar-refractivity contribution is 5.80. The largest absolute Gasteiger partial charge is 0.352 e. The van der Waals surface area contributed by atoms with Crippen molar-refractivity contribution in [1.82, 2.24) is 10.6 Å². The molecule has 0 spiro atoms. The van der Waals surface area contributed by atoms with Crippen LogP contribution in [0, 0.1) is 10.1 Å². The van der Waals surface area contributed by atoms with E-state index in [1.54, 1.807) is 18.2 Å². The minimum atomic E-state index is -0.459. The van der Waals surface area contributed by atoms with Crippen LogP contribution in [-0.2, 0) is 11.2 Å². The Hall–Kier alpha value is -1.95. The summed E-state index contributed by atoms with van der Waals surface area (Å²) >= 11 is 0. The second kappa shape index (κ2) is 5.59.